The largest absolute Gasteiger partial charge is 0.294 e. The van der Waals surface area contributed by atoms with E-state index in [0.717, 1.165) is 16.7 Å². The van der Waals surface area contributed by atoms with Gasteiger partial charge < -0.3 is 0 Å². The van der Waals surface area contributed by atoms with Crippen LogP contribution in [-0.4, -0.2) is 5.78 Å². The molecule has 0 aliphatic carbocycles. The predicted octanol–water partition coefficient (Wildman–Crippen LogP) is 4.18. The van der Waals surface area contributed by atoms with Crippen molar-refractivity contribution in [3.8, 4) is 0 Å². The van der Waals surface area contributed by atoms with E-state index in [1.54, 1.807) is 19.1 Å². The molecule has 0 aromatic heterocycles. The minimum absolute atomic E-state index is 0.0451. The number of carbonyl (C=O) groups excluding carboxylic acids is 1. The monoisotopic (exact) mass is 256 g/mol. The van der Waals surface area contributed by atoms with Gasteiger partial charge in [-0.05, 0) is 49.1 Å². The number of carbonyl (C=O) groups is 1. The highest BCUT2D eigenvalue weighted by Gasteiger charge is 2.12. The van der Waals surface area contributed by atoms with Crippen LogP contribution in [0.15, 0.2) is 36.4 Å². The van der Waals surface area contributed by atoms with Crippen LogP contribution in [0.25, 0.3) is 0 Å². The molecule has 0 unspecified atom stereocenters. The van der Waals surface area contributed by atoms with Crippen molar-refractivity contribution in [3.05, 3.63) is 70.0 Å². The number of halogens is 1. The summed E-state index contributed by atoms with van der Waals surface area (Å²) in [5.74, 6) is -0.372. The molecule has 0 atom stereocenters. The SMILES string of the molecule is Cc1ccc(C(=O)Cc2c(C)cccc2C)cc1F. The van der Waals surface area contributed by atoms with Crippen molar-refractivity contribution in [3.63, 3.8) is 0 Å². The Morgan fingerprint density at radius 1 is 1.00 bits per heavy atom. The third-order valence-electron chi connectivity index (χ3n) is 3.48. The minimum atomic E-state index is -0.327. The fourth-order valence-electron chi connectivity index (χ4n) is 2.16. The van der Waals surface area contributed by atoms with Crippen LogP contribution < -0.4 is 0 Å². The number of Topliss-reactive ketones (excluding diaryl/α,β-unsaturated/α-hetero) is 1. The molecule has 2 aromatic rings. The van der Waals surface area contributed by atoms with Crippen LogP contribution in [-0.2, 0) is 6.42 Å². The second-order valence-electron chi connectivity index (χ2n) is 4.93. The molecule has 98 valence electrons. The Morgan fingerprint density at radius 2 is 1.63 bits per heavy atom. The zero-order valence-electron chi connectivity index (χ0n) is 11.5. The van der Waals surface area contributed by atoms with Crippen LogP contribution in [0.3, 0.4) is 0 Å². The van der Waals surface area contributed by atoms with Crippen LogP contribution in [0.4, 0.5) is 4.39 Å². The van der Waals surface area contributed by atoms with E-state index in [9.17, 15) is 9.18 Å². The molecule has 0 fully saturated rings. The van der Waals surface area contributed by atoms with Gasteiger partial charge in [0, 0.05) is 12.0 Å². The summed E-state index contributed by atoms with van der Waals surface area (Å²) in [5.41, 5.74) is 4.23. The number of hydrogen-bond donors (Lipinski definition) is 0. The normalized spacial score (nSPS) is 10.5. The molecule has 0 aliphatic rings. The second kappa shape index (κ2) is 5.35. The first-order chi connectivity index (χ1) is 8.99. The van der Waals surface area contributed by atoms with Crippen LogP contribution in [0.5, 0.6) is 0 Å². The van der Waals surface area contributed by atoms with Crippen LogP contribution in [0.2, 0.25) is 0 Å². The molecule has 0 spiro atoms. The standard InChI is InChI=1S/C17H17FO/c1-11-5-4-6-12(2)15(11)10-17(19)14-8-7-13(3)16(18)9-14/h4-9H,10H2,1-3H3. The molecule has 0 N–H and O–H groups in total. The maximum absolute atomic E-state index is 13.5. The summed E-state index contributed by atoms with van der Waals surface area (Å²) in [6.07, 6.45) is 0.320. The summed E-state index contributed by atoms with van der Waals surface area (Å²) >= 11 is 0. The Kier molecular flexibility index (Phi) is 3.79. The van der Waals surface area contributed by atoms with E-state index >= 15 is 0 Å². The summed E-state index contributed by atoms with van der Waals surface area (Å²) in [6, 6.07) is 10.6. The quantitative estimate of drug-likeness (QED) is 0.753. The third kappa shape index (κ3) is 2.90. The average molecular weight is 256 g/mol. The van der Waals surface area contributed by atoms with Gasteiger partial charge in [-0.25, -0.2) is 4.39 Å². The van der Waals surface area contributed by atoms with Gasteiger partial charge in [-0.2, -0.15) is 0 Å². The Bertz CT molecular complexity index is 609. The highest BCUT2D eigenvalue weighted by Crippen LogP contribution is 2.17. The van der Waals surface area contributed by atoms with E-state index < -0.39 is 0 Å². The Balaban J connectivity index is 2.28. The lowest BCUT2D eigenvalue weighted by Crippen LogP contribution is -2.07. The highest BCUT2D eigenvalue weighted by atomic mass is 19.1. The van der Waals surface area contributed by atoms with Crippen molar-refractivity contribution >= 4 is 5.78 Å². The molecular formula is C17H17FO. The minimum Gasteiger partial charge on any atom is -0.294 e. The molecule has 0 saturated carbocycles. The van der Waals surface area contributed by atoms with E-state index in [4.69, 9.17) is 0 Å². The number of aryl methyl sites for hydroxylation is 3. The van der Waals surface area contributed by atoms with Crippen LogP contribution in [0.1, 0.15) is 32.6 Å². The van der Waals surface area contributed by atoms with Gasteiger partial charge >= 0.3 is 0 Å². The number of hydrogen-bond acceptors (Lipinski definition) is 1. The highest BCUT2D eigenvalue weighted by molar-refractivity contribution is 5.97. The average Bonchev–Trinajstić information content (AvgIpc) is 2.37. The van der Waals surface area contributed by atoms with Crippen molar-refractivity contribution in [1.82, 2.24) is 0 Å². The topological polar surface area (TPSA) is 17.1 Å². The van der Waals surface area contributed by atoms with E-state index in [2.05, 4.69) is 0 Å². The maximum atomic E-state index is 13.5. The summed E-state index contributed by atoms with van der Waals surface area (Å²) < 4.78 is 13.5. The lowest BCUT2D eigenvalue weighted by atomic mass is 9.95. The molecule has 0 heterocycles. The first kappa shape index (κ1) is 13.5. The molecule has 2 heteroatoms. The number of ketones is 1. The van der Waals surface area contributed by atoms with E-state index in [0.29, 0.717) is 17.5 Å². The zero-order valence-corrected chi connectivity index (χ0v) is 11.5. The van der Waals surface area contributed by atoms with Gasteiger partial charge in [0.15, 0.2) is 5.78 Å². The van der Waals surface area contributed by atoms with Crippen molar-refractivity contribution in [2.45, 2.75) is 27.2 Å². The molecule has 0 saturated heterocycles. The molecule has 0 radical (unpaired) electrons. The number of benzene rings is 2. The molecule has 2 rings (SSSR count). The summed E-state index contributed by atoms with van der Waals surface area (Å²) in [5, 5.41) is 0. The molecule has 19 heavy (non-hydrogen) atoms. The van der Waals surface area contributed by atoms with Gasteiger partial charge in [0.2, 0.25) is 0 Å². The first-order valence-corrected chi connectivity index (χ1v) is 6.33. The fraction of sp³-hybridized carbons (Fsp3) is 0.235. The molecular weight excluding hydrogens is 239 g/mol. The van der Waals surface area contributed by atoms with Crippen molar-refractivity contribution in [2.75, 3.05) is 0 Å². The smallest absolute Gasteiger partial charge is 0.167 e. The van der Waals surface area contributed by atoms with Gasteiger partial charge in [0.05, 0.1) is 0 Å². The molecule has 0 amide bonds. The molecule has 1 nitrogen and oxygen atoms in total. The van der Waals surface area contributed by atoms with E-state index in [1.807, 2.05) is 32.0 Å². The lowest BCUT2D eigenvalue weighted by Gasteiger charge is -2.09. The summed E-state index contributed by atoms with van der Waals surface area (Å²) in [7, 11) is 0. The van der Waals surface area contributed by atoms with Crippen molar-refractivity contribution in [1.29, 1.82) is 0 Å². The van der Waals surface area contributed by atoms with Crippen molar-refractivity contribution in [2.24, 2.45) is 0 Å². The van der Waals surface area contributed by atoms with Gasteiger partial charge in [-0.3, -0.25) is 4.79 Å². The molecule has 2 aromatic carbocycles. The van der Waals surface area contributed by atoms with Crippen LogP contribution in [0, 0.1) is 26.6 Å². The Hall–Kier alpha value is -1.96. The first-order valence-electron chi connectivity index (χ1n) is 6.33. The Labute approximate surface area is 113 Å². The molecule has 0 bridgehead atoms. The van der Waals surface area contributed by atoms with E-state index in [-0.39, 0.29) is 11.6 Å². The third-order valence-corrected chi connectivity index (χ3v) is 3.48. The summed E-state index contributed by atoms with van der Waals surface area (Å²) in [4.78, 5) is 12.2. The van der Waals surface area contributed by atoms with Gasteiger partial charge in [0.25, 0.3) is 0 Å². The van der Waals surface area contributed by atoms with E-state index in [1.165, 1.54) is 6.07 Å². The second-order valence-corrected chi connectivity index (χ2v) is 4.93. The van der Waals surface area contributed by atoms with Crippen molar-refractivity contribution < 1.29 is 9.18 Å². The van der Waals surface area contributed by atoms with Gasteiger partial charge in [-0.1, -0.05) is 30.3 Å². The van der Waals surface area contributed by atoms with Gasteiger partial charge in [0.1, 0.15) is 5.82 Å². The maximum Gasteiger partial charge on any atom is 0.167 e. The predicted molar refractivity (Wildman–Crippen MR) is 75.1 cm³/mol. The lowest BCUT2D eigenvalue weighted by molar-refractivity contribution is 0.0992. The van der Waals surface area contributed by atoms with Crippen LogP contribution >= 0.6 is 0 Å². The molecule has 0 aliphatic heterocycles. The number of rotatable bonds is 3. The van der Waals surface area contributed by atoms with Gasteiger partial charge in [-0.15, -0.1) is 0 Å². The zero-order chi connectivity index (χ0) is 14.0. The Morgan fingerprint density at radius 3 is 2.21 bits per heavy atom. The fourth-order valence-corrected chi connectivity index (χ4v) is 2.16. The summed E-state index contributed by atoms with van der Waals surface area (Å²) in [6.45, 7) is 5.67.